The van der Waals surface area contributed by atoms with Crippen LogP contribution in [0.15, 0.2) is 18.2 Å². The minimum atomic E-state index is -0.474. The summed E-state index contributed by atoms with van der Waals surface area (Å²) >= 11 is 0. The van der Waals surface area contributed by atoms with E-state index in [0.717, 1.165) is 6.42 Å². The van der Waals surface area contributed by atoms with Gasteiger partial charge in [-0.1, -0.05) is 6.92 Å². The van der Waals surface area contributed by atoms with Crippen molar-refractivity contribution in [3.8, 4) is 0 Å². The molecule has 1 saturated heterocycles. The molecule has 0 bridgehead atoms. The van der Waals surface area contributed by atoms with Crippen molar-refractivity contribution in [3.05, 3.63) is 39.4 Å². The zero-order valence-electron chi connectivity index (χ0n) is 12.1. The van der Waals surface area contributed by atoms with Gasteiger partial charge in [-0.25, -0.2) is 0 Å². The van der Waals surface area contributed by atoms with Crippen molar-refractivity contribution in [1.82, 2.24) is 4.90 Å². The Kier molecular flexibility index (Phi) is 5.69. The normalized spacial score (nSPS) is 21.6. The molecule has 1 amide bonds. The van der Waals surface area contributed by atoms with Gasteiger partial charge in [0.05, 0.1) is 4.92 Å². The first kappa shape index (κ1) is 17.4. The maximum Gasteiger partial charge on any atom is 0.270 e. The van der Waals surface area contributed by atoms with Crippen molar-refractivity contribution < 1.29 is 9.72 Å². The van der Waals surface area contributed by atoms with Gasteiger partial charge in [-0.3, -0.25) is 14.9 Å². The molecule has 1 fully saturated rings. The highest BCUT2D eigenvalue weighted by atomic mass is 35.5. The van der Waals surface area contributed by atoms with Crippen LogP contribution in [0.25, 0.3) is 0 Å². The second-order valence-electron chi connectivity index (χ2n) is 5.50. The number of nitrogens with zero attached hydrogens (tertiary/aromatic N) is 2. The summed E-state index contributed by atoms with van der Waals surface area (Å²) in [6.07, 6.45) is 0.765. The smallest absolute Gasteiger partial charge is 0.270 e. The van der Waals surface area contributed by atoms with E-state index >= 15 is 0 Å². The largest absolute Gasteiger partial charge is 0.338 e. The van der Waals surface area contributed by atoms with Crippen LogP contribution in [-0.4, -0.2) is 34.9 Å². The molecule has 2 N–H and O–H groups in total. The molecule has 0 spiro atoms. The Balaban J connectivity index is 0.00000220. The summed E-state index contributed by atoms with van der Waals surface area (Å²) in [5, 5.41) is 10.9. The number of nitro benzene ring substituents is 1. The highest BCUT2D eigenvalue weighted by Gasteiger charge is 2.27. The monoisotopic (exact) mass is 313 g/mol. The zero-order chi connectivity index (χ0) is 14.9. The number of nitro groups is 1. The predicted octanol–water partition coefficient (Wildman–Crippen LogP) is 2.13. The summed E-state index contributed by atoms with van der Waals surface area (Å²) in [7, 11) is 0. The molecule has 0 aromatic heterocycles. The lowest BCUT2D eigenvalue weighted by Gasteiger charge is -2.35. The number of rotatable bonds is 2. The maximum absolute atomic E-state index is 12.4. The average Bonchev–Trinajstić information content (AvgIpc) is 2.40. The van der Waals surface area contributed by atoms with E-state index in [4.69, 9.17) is 5.73 Å². The lowest BCUT2D eigenvalue weighted by atomic mass is 9.94. The molecule has 7 heteroatoms. The van der Waals surface area contributed by atoms with E-state index in [1.54, 1.807) is 17.9 Å². The number of aryl methyl sites for hydroxylation is 1. The number of carbonyl (C=O) groups is 1. The second kappa shape index (κ2) is 6.87. The third kappa shape index (κ3) is 3.92. The van der Waals surface area contributed by atoms with Gasteiger partial charge < -0.3 is 10.6 Å². The quantitative estimate of drug-likeness (QED) is 0.669. The number of non-ortho nitro benzene ring substituents is 1. The lowest BCUT2D eigenvalue weighted by molar-refractivity contribution is -0.384. The van der Waals surface area contributed by atoms with E-state index in [-0.39, 0.29) is 36.0 Å². The summed E-state index contributed by atoms with van der Waals surface area (Å²) in [5.74, 6) is 0.0862. The third-order valence-electron chi connectivity index (χ3n) is 3.78. The third-order valence-corrected chi connectivity index (χ3v) is 3.78. The minimum Gasteiger partial charge on any atom is -0.338 e. The van der Waals surface area contributed by atoms with Crippen LogP contribution in [0.5, 0.6) is 0 Å². The molecule has 1 aromatic rings. The van der Waals surface area contributed by atoms with Gasteiger partial charge in [0.15, 0.2) is 0 Å². The van der Waals surface area contributed by atoms with Crippen molar-refractivity contribution in [1.29, 1.82) is 0 Å². The first-order valence-electron chi connectivity index (χ1n) is 6.69. The van der Waals surface area contributed by atoms with Crippen molar-refractivity contribution in [2.24, 2.45) is 11.7 Å². The van der Waals surface area contributed by atoms with E-state index in [9.17, 15) is 14.9 Å². The highest BCUT2D eigenvalue weighted by Crippen LogP contribution is 2.21. The number of halogens is 1. The Morgan fingerprint density at radius 1 is 1.43 bits per heavy atom. The van der Waals surface area contributed by atoms with Crippen LogP contribution < -0.4 is 5.73 Å². The zero-order valence-corrected chi connectivity index (χ0v) is 12.9. The van der Waals surface area contributed by atoms with Crippen molar-refractivity contribution in [2.45, 2.75) is 26.3 Å². The molecule has 1 aromatic carbocycles. The number of piperidine rings is 1. The molecule has 1 aliphatic heterocycles. The van der Waals surface area contributed by atoms with E-state index < -0.39 is 4.92 Å². The van der Waals surface area contributed by atoms with Crippen LogP contribution in [-0.2, 0) is 0 Å². The first-order valence-corrected chi connectivity index (χ1v) is 6.69. The van der Waals surface area contributed by atoms with Crippen LogP contribution in [0.4, 0.5) is 5.69 Å². The van der Waals surface area contributed by atoms with E-state index in [1.807, 2.05) is 6.92 Å². The molecular weight excluding hydrogens is 294 g/mol. The summed E-state index contributed by atoms with van der Waals surface area (Å²) in [5.41, 5.74) is 6.98. The summed E-state index contributed by atoms with van der Waals surface area (Å²) < 4.78 is 0. The standard InChI is InChI=1S/C14H19N3O3.ClH/c1-9-5-11(7-12(6-9)17(19)20)14(18)16-4-3-13(15)10(2)8-16;/h5-7,10,13H,3-4,8,15H2,1-2H3;1H. The Labute approximate surface area is 129 Å². The lowest BCUT2D eigenvalue weighted by Crippen LogP contribution is -2.48. The molecule has 2 rings (SSSR count). The van der Waals surface area contributed by atoms with Crippen molar-refractivity contribution in [2.75, 3.05) is 13.1 Å². The fraction of sp³-hybridized carbons (Fsp3) is 0.500. The summed E-state index contributed by atoms with van der Waals surface area (Å²) in [6.45, 7) is 4.97. The molecule has 2 atom stereocenters. The fourth-order valence-electron chi connectivity index (χ4n) is 2.52. The Hall–Kier alpha value is -1.66. The van der Waals surface area contributed by atoms with Crippen molar-refractivity contribution in [3.63, 3.8) is 0 Å². The van der Waals surface area contributed by atoms with Gasteiger partial charge in [-0.05, 0) is 30.9 Å². The molecule has 0 radical (unpaired) electrons. The molecular formula is C14H20ClN3O3. The number of nitrogens with two attached hydrogens (primary N) is 1. The van der Waals surface area contributed by atoms with Gasteiger partial charge >= 0.3 is 0 Å². The van der Waals surface area contributed by atoms with Crippen LogP contribution in [0.2, 0.25) is 0 Å². The van der Waals surface area contributed by atoms with Gasteiger partial charge in [0, 0.05) is 36.8 Å². The number of hydrogen-bond donors (Lipinski definition) is 1. The SMILES string of the molecule is Cc1cc(C(=O)N2CCC(N)C(C)C2)cc([N+](=O)[O-])c1.Cl. The van der Waals surface area contributed by atoms with E-state index in [0.29, 0.717) is 24.2 Å². The van der Waals surface area contributed by atoms with Gasteiger partial charge in [0.25, 0.3) is 11.6 Å². The van der Waals surface area contributed by atoms with Crippen LogP contribution in [0.3, 0.4) is 0 Å². The van der Waals surface area contributed by atoms with Gasteiger partial charge in [0.2, 0.25) is 0 Å². The van der Waals surface area contributed by atoms with Gasteiger partial charge in [-0.2, -0.15) is 0 Å². The number of likely N-dealkylation sites (tertiary alicyclic amines) is 1. The molecule has 1 aliphatic rings. The molecule has 2 unspecified atom stereocenters. The van der Waals surface area contributed by atoms with E-state index in [1.165, 1.54) is 12.1 Å². The molecule has 0 aliphatic carbocycles. The van der Waals surface area contributed by atoms with Crippen molar-refractivity contribution >= 4 is 24.0 Å². The number of amides is 1. The Bertz CT molecular complexity index is 550. The van der Waals surface area contributed by atoms with Gasteiger partial charge in [-0.15, -0.1) is 12.4 Å². The van der Waals surface area contributed by atoms with Crippen LogP contribution >= 0.6 is 12.4 Å². The molecule has 0 saturated carbocycles. The fourth-order valence-corrected chi connectivity index (χ4v) is 2.52. The van der Waals surface area contributed by atoms with E-state index in [2.05, 4.69) is 0 Å². The topological polar surface area (TPSA) is 89.5 Å². The number of hydrogen-bond acceptors (Lipinski definition) is 4. The Morgan fingerprint density at radius 3 is 2.67 bits per heavy atom. The summed E-state index contributed by atoms with van der Waals surface area (Å²) in [4.78, 5) is 24.6. The Morgan fingerprint density at radius 2 is 2.10 bits per heavy atom. The second-order valence-corrected chi connectivity index (χ2v) is 5.50. The molecule has 1 heterocycles. The molecule has 6 nitrogen and oxygen atoms in total. The van der Waals surface area contributed by atoms with Gasteiger partial charge in [0.1, 0.15) is 0 Å². The number of carbonyl (C=O) groups excluding carboxylic acids is 1. The van der Waals surface area contributed by atoms with Crippen LogP contribution in [0.1, 0.15) is 29.3 Å². The highest BCUT2D eigenvalue weighted by molar-refractivity contribution is 5.95. The summed E-state index contributed by atoms with van der Waals surface area (Å²) in [6, 6.07) is 4.61. The van der Waals surface area contributed by atoms with Crippen LogP contribution in [0, 0.1) is 23.0 Å². The average molecular weight is 314 g/mol. The maximum atomic E-state index is 12.4. The first-order chi connectivity index (χ1) is 9.38. The minimum absolute atomic E-state index is 0. The number of benzene rings is 1. The molecule has 116 valence electrons. The molecule has 21 heavy (non-hydrogen) atoms. The predicted molar refractivity (Wildman–Crippen MR) is 82.7 cm³/mol.